The van der Waals surface area contributed by atoms with Crippen molar-refractivity contribution >= 4 is 11.5 Å². The number of hydrogen-bond donors (Lipinski definition) is 0. The van der Waals surface area contributed by atoms with E-state index in [9.17, 15) is 10.1 Å². The topological polar surface area (TPSA) is 94.3 Å². The molecule has 1 aromatic heterocycles. The third kappa shape index (κ3) is 5.92. The standard InChI is InChI=1S/C23H19N3O4.Cu/c1-28-14-20(23(27)29-2)19-9-5-3-7-16(19)11-18-12-22(26-15-25-18)30-21-10-6-4-8-17(21)13-24;/h3-10,12,14-15H,11H2,1-2H3;. The van der Waals surface area contributed by atoms with Gasteiger partial charge in [-0.15, -0.1) is 0 Å². The van der Waals surface area contributed by atoms with Crippen molar-refractivity contribution in [2.75, 3.05) is 14.2 Å². The molecule has 0 bridgehead atoms. The first-order chi connectivity index (χ1) is 14.7. The summed E-state index contributed by atoms with van der Waals surface area (Å²) in [4.78, 5) is 20.6. The molecule has 1 heterocycles. The molecular formula is C23H19CuN3O4. The SMILES string of the molecule is COC=C(C(=O)OC)c1ccccc1Cc1cc(Oc2ccccc2C#N)ncn1.[Cu]. The number of nitrogens with zero attached hydrogens (tertiary/aromatic N) is 3. The monoisotopic (exact) mass is 464 g/mol. The van der Waals surface area contributed by atoms with Crippen LogP contribution < -0.4 is 4.74 Å². The summed E-state index contributed by atoms with van der Waals surface area (Å²) < 4.78 is 15.7. The largest absolute Gasteiger partial charge is 0.503 e. The second-order valence-corrected chi connectivity index (χ2v) is 6.15. The van der Waals surface area contributed by atoms with Crippen LogP contribution in [0.3, 0.4) is 0 Å². The van der Waals surface area contributed by atoms with E-state index in [0.29, 0.717) is 40.4 Å². The summed E-state index contributed by atoms with van der Waals surface area (Å²) >= 11 is 0. The minimum atomic E-state index is -0.496. The van der Waals surface area contributed by atoms with Gasteiger partial charge in [0.1, 0.15) is 23.7 Å². The number of rotatable bonds is 7. The quantitative estimate of drug-likeness (QED) is 0.226. The van der Waals surface area contributed by atoms with Gasteiger partial charge < -0.3 is 14.2 Å². The third-order valence-corrected chi connectivity index (χ3v) is 4.24. The Kier molecular flexibility index (Phi) is 8.77. The van der Waals surface area contributed by atoms with Crippen molar-refractivity contribution in [1.82, 2.24) is 9.97 Å². The average Bonchev–Trinajstić information content (AvgIpc) is 2.78. The van der Waals surface area contributed by atoms with Gasteiger partial charge >= 0.3 is 5.97 Å². The van der Waals surface area contributed by atoms with Crippen molar-refractivity contribution in [3.63, 3.8) is 0 Å². The number of carbonyl (C=O) groups is 1. The van der Waals surface area contributed by atoms with Gasteiger partial charge in [0, 0.05) is 29.6 Å². The number of hydrogen-bond acceptors (Lipinski definition) is 7. The van der Waals surface area contributed by atoms with Gasteiger partial charge in [0.15, 0.2) is 0 Å². The Morgan fingerprint density at radius 3 is 2.58 bits per heavy atom. The summed E-state index contributed by atoms with van der Waals surface area (Å²) in [5.74, 6) is 0.242. The van der Waals surface area contributed by atoms with E-state index in [-0.39, 0.29) is 17.1 Å². The molecular weight excluding hydrogens is 446 g/mol. The summed E-state index contributed by atoms with van der Waals surface area (Å²) in [6.45, 7) is 0. The van der Waals surface area contributed by atoms with Crippen molar-refractivity contribution < 1.29 is 36.1 Å². The Labute approximate surface area is 190 Å². The molecule has 0 saturated heterocycles. The van der Waals surface area contributed by atoms with Gasteiger partial charge in [-0.3, -0.25) is 0 Å². The Bertz CT molecular complexity index is 1130. The zero-order valence-corrected chi connectivity index (χ0v) is 17.8. The fourth-order valence-corrected chi connectivity index (χ4v) is 2.87. The number of methoxy groups -OCH3 is 2. The average molecular weight is 465 g/mol. The minimum absolute atomic E-state index is 0. The van der Waals surface area contributed by atoms with E-state index in [1.165, 1.54) is 26.8 Å². The molecule has 0 aliphatic rings. The van der Waals surface area contributed by atoms with Crippen molar-refractivity contribution in [3.05, 3.63) is 89.6 Å². The zero-order valence-electron chi connectivity index (χ0n) is 16.8. The van der Waals surface area contributed by atoms with E-state index in [2.05, 4.69) is 16.0 Å². The second kappa shape index (κ2) is 11.5. The molecule has 31 heavy (non-hydrogen) atoms. The minimum Gasteiger partial charge on any atom is -0.503 e. The van der Waals surface area contributed by atoms with Gasteiger partial charge in [-0.2, -0.15) is 5.26 Å². The molecule has 0 fully saturated rings. The smallest absolute Gasteiger partial charge is 0.341 e. The molecule has 161 valence electrons. The maximum atomic E-state index is 12.2. The van der Waals surface area contributed by atoms with Crippen LogP contribution in [0.2, 0.25) is 0 Å². The van der Waals surface area contributed by atoms with Gasteiger partial charge in [-0.05, 0) is 23.3 Å². The molecule has 8 heteroatoms. The third-order valence-electron chi connectivity index (χ3n) is 4.24. The Balaban J connectivity index is 0.00000341. The molecule has 0 aliphatic carbocycles. The van der Waals surface area contributed by atoms with Gasteiger partial charge in [0.2, 0.25) is 5.88 Å². The fraction of sp³-hybridized carbons (Fsp3) is 0.130. The molecule has 7 nitrogen and oxygen atoms in total. The van der Waals surface area contributed by atoms with Gasteiger partial charge in [-0.1, -0.05) is 36.4 Å². The van der Waals surface area contributed by atoms with Crippen LogP contribution in [0.4, 0.5) is 0 Å². The van der Waals surface area contributed by atoms with Crippen molar-refractivity contribution in [3.8, 4) is 17.7 Å². The molecule has 2 aromatic carbocycles. The van der Waals surface area contributed by atoms with E-state index in [1.54, 1.807) is 30.3 Å². The Hall–Kier alpha value is -3.66. The number of aromatic nitrogens is 2. The summed E-state index contributed by atoms with van der Waals surface area (Å²) in [7, 11) is 2.79. The van der Waals surface area contributed by atoms with E-state index < -0.39 is 5.97 Å². The molecule has 0 N–H and O–H groups in total. The van der Waals surface area contributed by atoms with Gasteiger partial charge in [0.05, 0.1) is 31.7 Å². The number of para-hydroxylation sites is 1. The van der Waals surface area contributed by atoms with Crippen molar-refractivity contribution in [2.24, 2.45) is 0 Å². The maximum Gasteiger partial charge on any atom is 0.341 e. The van der Waals surface area contributed by atoms with Crippen LogP contribution >= 0.6 is 0 Å². The molecule has 1 radical (unpaired) electrons. The normalized spacial score (nSPS) is 10.4. The van der Waals surface area contributed by atoms with Gasteiger partial charge in [-0.25, -0.2) is 14.8 Å². The van der Waals surface area contributed by atoms with Crippen LogP contribution in [-0.4, -0.2) is 30.2 Å². The number of benzene rings is 2. The van der Waals surface area contributed by atoms with Crippen LogP contribution in [0.5, 0.6) is 11.6 Å². The summed E-state index contributed by atoms with van der Waals surface area (Å²) in [6, 6.07) is 18.1. The number of ether oxygens (including phenoxy) is 3. The molecule has 3 aromatic rings. The van der Waals surface area contributed by atoms with Crippen LogP contribution in [0, 0.1) is 11.3 Å². The second-order valence-electron chi connectivity index (χ2n) is 6.15. The molecule has 0 spiro atoms. The van der Waals surface area contributed by atoms with Gasteiger partial charge in [0.25, 0.3) is 0 Å². The van der Waals surface area contributed by atoms with E-state index >= 15 is 0 Å². The van der Waals surface area contributed by atoms with E-state index in [4.69, 9.17) is 14.2 Å². The van der Waals surface area contributed by atoms with Crippen LogP contribution in [0.15, 0.2) is 67.2 Å². The summed E-state index contributed by atoms with van der Waals surface area (Å²) in [5.41, 5.74) is 2.94. The maximum absolute atomic E-state index is 12.2. The predicted octanol–water partition coefficient (Wildman–Crippen LogP) is 3.89. The van der Waals surface area contributed by atoms with Crippen LogP contribution in [0.1, 0.15) is 22.4 Å². The molecule has 0 amide bonds. The number of nitriles is 1. The van der Waals surface area contributed by atoms with E-state index in [0.717, 1.165) is 5.56 Å². The Morgan fingerprint density at radius 1 is 1.10 bits per heavy atom. The first kappa shape index (κ1) is 23.6. The number of carbonyl (C=O) groups excluding carboxylic acids is 1. The molecule has 0 atom stereocenters. The summed E-state index contributed by atoms with van der Waals surface area (Å²) in [5, 5.41) is 9.22. The van der Waals surface area contributed by atoms with Crippen molar-refractivity contribution in [2.45, 2.75) is 6.42 Å². The molecule has 0 aliphatic heterocycles. The van der Waals surface area contributed by atoms with Crippen molar-refractivity contribution in [1.29, 1.82) is 5.26 Å². The molecule has 3 rings (SSSR count). The fourth-order valence-electron chi connectivity index (χ4n) is 2.87. The molecule has 0 unspecified atom stereocenters. The molecule has 0 saturated carbocycles. The zero-order chi connectivity index (χ0) is 21.3. The van der Waals surface area contributed by atoms with E-state index in [1.807, 2.05) is 24.3 Å². The predicted molar refractivity (Wildman–Crippen MR) is 110 cm³/mol. The number of esters is 1. The van der Waals surface area contributed by atoms with Crippen LogP contribution in [-0.2, 0) is 37.8 Å². The first-order valence-electron chi connectivity index (χ1n) is 9.03. The first-order valence-corrected chi connectivity index (χ1v) is 9.03. The summed E-state index contributed by atoms with van der Waals surface area (Å²) in [6.07, 6.45) is 3.18. The Morgan fingerprint density at radius 2 is 1.84 bits per heavy atom. The van der Waals surface area contributed by atoms with Crippen LogP contribution in [0.25, 0.3) is 5.57 Å².